The number of aliphatic carboxylic acids is 2. The van der Waals surface area contributed by atoms with Crippen LogP contribution in [0.15, 0.2) is 0 Å². The van der Waals surface area contributed by atoms with Gasteiger partial charge in [-0.05, 0) is 77.0 Å². The number of unbranched alkanes of at least 4 members (excludes halogenated alkanes) is 44. The summed E-state index contributed by atoms with van der Waals surface area (Å²) in [7, 11) is 0. The summed E-state index contributed by atoms with van der Waals surface area (Å²) >= 11 is 0. The van der Waals surface area contributed by atoms with Crippen LogP contribution >= 0.6 is 0 Å². The molecule has 0 saturated heterocycles. The minimum absolute atomic E-state index is 0. The smallest absolute Gasteiger partial charge is 0.550 e. The van der Waals surface area contributed by atoms with E-state index < -0.39 is 11.9 Å². The molecule has 2 atom stereocenters. The molecule has 0 N–H and O–H groups in total. The molecule has 0 amide bonds. The molecule has 0 bridgehead atoms. The Morgan fingerprint density at radius 2 is 0.440 bits per heavy atom. The molecule has 0 aromatic heterocycles. The van der Waals surface area contributed by atoms with E-state index in [-0.39, 0.29) is 56.5 Å². The molecule has 75 heavy (non-hydrogen) atoms. The molecule has 440 valence electrons. The molecule has 0 heterocycles. The van der Waals surface area contributed by atoms with Crippen LogP contribution in [-0.2, 0) is 48.1 Å². The summed E-state index contributed by atoms with van der Waals surface area (Å²) in [5.74, 6) is -1.82. The van der Waals surface area contributed by atoms with E-state index in [0.717, 1.165) is 103 Å². The monoisotopic (exact) mass is 1110 g/mol. The zero-order valence-electron chi connectivity index (χ0n) is 50.7. The molecule has 9 heteroatoms. The minimum atomic E-state index is -0.920. The van der Waals surface area contributed by atoms with Gasteiger partial charge < -0.3 is 29.3 Å². The molecular weight excluding hydrogens is 986 g/mol. The maximum atomic E-state index is 12.2. The fourth-order valence-electron chi connectivity index (χ4n) is 10.2. The van der Waals surface area contributed by atoms with Gasteiger partial charge in [-0.15, -0.1) is 0 Å². The van der Waals surface area contributed by atoms with Crippen molar-refractivity contribution in [1.82, 2.24) is 0 Å². The van der Waals surface area contributed by atoms with Crippen molar-refractivity contribution in [3.63, 3.8) is 0 Å². The van der Waals surface area contributed by atoms with Gasteiger partial charge in [0.15, 0.2) is 0 Å². The summed E-state index contributed by atoms with van der Waals surface area (Å²) in [6, 6.07) is 0. The summed E-state index contributed by atoms with van der Waals surface area (Å²) in [4.78, 5) is 45.1. The summed E-state index contributed by atoms with van der Waals surface area (Å²) in [5.41, 5.74) is 0. The van der Waals surface area contributed by atoms with Gasteiger partial charge in [0, 0.05) is 24.8 Å². The third kappa shape index (κ3) is 68.6. The van der Waals surface area contributed by atoms with Crippen LogP contribution in [0.1, 0.15) is 387 Å². The normalized spacial score (nSPS) is 11.9. The molecule has 0 rings (SSSR count). The Balaban J connectivity index is -0.00000136. The first-order valence-corrected chi connectivity index (χ1v) is 33.0. The second-order valence-corrected chi connectivity index (χ2v) is 22.6. The van der Waals surface area contributed by atoms with Crippen LogP contribution in [-0.4, -0.2) is 36.1 Å². The van der Waals surface area contributed by atoms with E-state index in [1.54, 1.807) is 0 Å². The van der Waals surface area contributed by atoms with Crippen molar-refractivity contribution in [3.8, 4) is 0 Å². The van der Waals surface area contributed by atoms with Crippen molar-refractivity contribution < 1.29 is 58.3 Å². The zero-order valence-corrected chi connectivity index (χ0v) is 53.7. The second kappa shape index (κ2) is 66.8. The maximum absolute atomic E-state index is 12.2. The predicted octanol–water partition coefficient (Wildman–Crippen LogP) is 19.2. The Kier molecular flexibility index (Phi) is 69.2. The Morgan fingerprint density at radius 1 is 0.267 bits per heavy atom. The van der Waals surface area contributed by atoms with Crippen LogP contribution < -0.4 is 10.2 Å². The average molecular weight is 1110 g/mol. The topological polar surface area (TPSA) is 133 Å². The van der Waals surface area contributed by atoms with Gasteiger partial charge >= 0.3 is 31.4 Å². The number of carbonyl (C=O) groups excluding carboxylic acids is 4. The van der Waals surface area contributed by atoms with E-state index in [9.17, 15) is 29.4 Å². The van der Waals surface area contributed by atoms with Crippen LogP contribution in [0.25, 0.3) is 0 Å². The summed E-state index contributed by atoms with van der Waals surface area (Å²) in [6.45, 7) is 8.80. The molecule has 0 saturated carbocycles. The van der Waals surface area contributed by atoms with Crippen molar-refractivity contribution in [3.05, 3.63) is 0 Å². The predicted molar refractivity (Wildman–Crippen MR) is 311 cm³/mol. The van der Waals surface area contributed by atoms with Gasteiger partial charge in [0.1, 0.15) is 12.2 Å². The van der Waals surface area contributed by atoms with Gasteiger partial charge in [-0.1, -0.05) is 297 Å². The largest absolute Gasteiger partial charge is 2.00 e. The van der Waals surface area contributed by atoms with Crippen molar-refractivity contribution in [2.75, 3.05) is 0 Å². The Labute approximate surface area is 479 Å². The van der Waals surface area contributed by atoms with Gasteiger partial charge in [0.25, 0.3) is 0 Å². The van der Waals surface area contributed by atoms with Gasteiger partial charge in [-0.2, -0.15) is 0 Å². The number of ether oxygens (including phenoxy) is 2. The van der Waals surface area contributed by atoms with Crippen LogP contribution in [0.3, 0.4) is 0 Å². The molecule has 0 aromatic rings. The number of carboxylic acid groups (broad SMARTS) is 2. The van der Waals surface area contributed by atoms with Gasteiger partial charge in [0.05, 0.1) is 0 Å². The SMILES string of the molecule is CCCCCCCCCCCCCCC(=O)OC(CC)CCCCCCCCCCCCCCC(=O)[O-].CCCCCCCCCCCCCCC(=O)OC(CC)CCCCCCCCCCCCCCC(=O)[O-].[Zn+2]. The van der Waals surface area contributed by atoms with Crippen LogP contribution in [0.2, 0.25) is 0 Å². The van der Waals surface area contributed by atoms with E-state index in [4.69, 9.17) is 9.47 Å². The van der Waals surface area contributed by atoms with E-state index in [1.165, 1.54) is 231 Å². The molecule has 0 spiro atoms. The molecule has 0 aliphatic carbocycles. The number of hydrogen-bond donors (Lipinski definition) is 0. The summed E-state index contributed by atoms with van der Waals surface area (Å²) in [6.07, 6.45) is 66.0. The molecule has 8 nitrogen and oxygen atoms in total. The van der Waals surface area contributed by atoms with Crippen molar-refractivity contribution in [2.45, 2.75) is 399 Å². The van der Waals surface area contributed by atoms with E-state index in [1.807, 2.05) is 0 Å². The molecule has 0 aromatic carbocycles. The molecule has 0 aliphatic rings. The quantitative estimate of drug-likeness (QED) is 0.0334. The molecule has 0 aliphatic heterocycles. The second-order valence-electron chi connectivity index (χ2n) is 22.6. The number of hydrogen-bond acceptors (Lipinski definition) is 8. The molecular formula is C66H126O8Zn. The number of rotatable bonds is 60. The fraction of sp³-hybridized carbons (Fsp3) is 0.939. The van der Waals surface area contributed by atoms with Crippen LogP contribution in [0, 0.1) is 0 Å². The Hall–Kier alpha value is -1.50. The van der Waals surface area contributed by atoms with Gasteiger partial charge in [-0.3, -0.25) is 9.59 Å². The zero-order chi connectivity index (χ0) is 54.5. The van der Waals surface area contributed by atoms with Crippen molar-refractivity contribution in [2.24, 2.45) is 0 Å². The van der Waals surface area contributed by atoms with E-state index in [2.05, 4.69) is 27.7 Å². The number of carboxylic acids is 2. The van der Waals surface area contributed by atoms with E-state index in [0.29, 0.717) is 12.8 Å². The van der Waals surface area contributed by atoms with Crippen molar-refractivity contribution in [1.29, 1.82) is 0 Å². The minimum Gasteiger partial charge on any atom is -0.550 e. The summed E-state index contributed by atoms with van der Waals surface area (Å²) in [5, 5.41) is 20.7. The first-order chi connectivity index (χ1) is 36.2. The third-order valence-corrected chi connectivity index (χ3v) is 15.3. The van der Waals surface area contributed by atoms with Gasteiger partial charge in [0.2, 0.25) is 0 Å². The molecule has 2 unspecified atom stereocenters. The Bertz CT molecular complexity index is 1080. The fourth-order valence-corrected chi connectivity index (χ4v) is 10.2. The maximum Gasteiger partial charge on any atom is 2.00 e. The molecule has 0 radical (unpaired) electrons. The van der Waals surface area contributed by atoms with Crippen LogP contribution in [0.5, 0.6) is 0 Å². The number of esters is 2. The van der Waals surface area contributed by atoms with Gasteiger partial charge in [-0.25, -0.2) is 0 Å². The van der Waals surface area contributed by atoms with Crippen molar-refractivity contribution >= 4 is 23.9 Å². The third-order valence-electron chi connectivity index (χ3n) is 15.3. The van der Waals surface area contributed by atoms with E-state index >= 15 is 0 Å². The first kappa shape index (κ1) is 77.7. The van der Waals surface area contributed by atoms with Crippen LogP contribution in [0.4, 0.5) is 0 Å². The standard InChI is InChI=1S/2C33H64O4.Zn/c2*1-3-5-6-7-8-9-10-15-18-21-24-27-30-33(36)37-31(4-2)28-25-22-19-16-13-11-12-14-17-20-23-26-29-32(34)35;/h2*31H,3-30H2,1-2H3,(H,34,35);/q;;+2/p-2. The Morgan fingerprint density at radius 3 is 0.627 bits per heavy atom. The average Bonchev–Trinajstić information content (AvgIpc) is 3.38. The molecule has 0 fully saturated rings. The first-order valence-electron chi connectivity index (χ1n) is 33.0. The number of carbonyl (C=O) groups is 4. The summed E-state index contributed by atoms with van der Waals surface area (Å²) < 4.78 is 11.5.